The van der Waals surface area contributed by atoms with E-state index in [4.69, 9.17) is 0 Å². The van der Waals surface area contributed by atoms with E-state index in [1.54, 1.807) is 42.1 Å². The molecule has 2 aliphatic rings. The van der Waals surface area contributed by atoms with Crippen LogP contribution in [-0.2, 0) is 10.0 Å². The molecule has 1 aliphatic heterocycles. The van der Waals surface area contributed by atoms with Crippen molar-refractivity contribution in [2.45, 2.75) is 38.5 Å². The number of hydrogen-bond acceptors (Lipinski definition) is 7. The first kappa shape index (κ1) is 37.0. The zero-order chi connectivity index (χ0) is 35.5. The second-order valence-corrected chi connectivity index (χ2v) is 15.4. The number of piperazine rings is 1. The number of nitrogens with one attached hydrogen (secondary N) is 2. The number of benzene rings is 3. The summed E-state index contributed by atoms with van der Waals surface area (Å²) in [6, 6.07) is 20.8. The largest absolute Gasteiger partial charge is 0.384 e. The predicted molar refractivity (Wildman–Crippen MR) is 211 cm³/mol. The molecular formula is C41H48N4O3S2. The van der Waals surface area contributed by atoms with Gasteiger partial charge in [0.15, 0.2) is 0 Å². The molecule has 0 unspecified atom stereocenters. The van der Waals surface area contributed by atoms with E-state index in [1.165, 1.54) is 28.3 Å². The van der Waals surface area contributed by atoms with Crippen molar-refractivity contribution in [1.82, 2.24) is 9.62 Å². The van der Waals surface area contributed by atoms with Crippen LogP contribution in [0.1, 0.15) is 46.8 Å². The standard InChI is InChI=1S/C41H48N4O3S2/c1-5-9-37(10-6-2)49-28-23-42-40-22-21-38(29-32(40)4)50(47,48)43-41(46)34-17-19-36(20-18-34)45-26-24-44(25-27-45)30-35-11-7-8-12-39(35)33-15-13-31(3)14-16-33/h5-6,9-22,29,42H,1,7-8,23-28,30H2,2-4H3,(H,43,46)/b10-6-,37-9+. The van der Waals surface area contributed by atoms with E-state index in [9.17, 15) is 13.2 Å². The molecule has 3 aromatic carbocycles. The van der Waals surface area contributed by atoms with Crippen molar-refractivity contribution in [2.24, 2.45) is 0 Å². The maximum Gasteiger partial charge on any atom is 0.264 e. The summed E-state index contributed by atoms with van der Waals surface area (Å²) < 4.78 is 28.5. The minimum Gasteiger partial charge on any atom is -0.384 e. The Morgan fingerprint density at radius 3 is 2.34 bits per heavy atom. The third-order valence-electron chi connectivity index (χ3n) is 8.91. The molecule has 0 aromatic heterocycles. The summed E-state index contributed by atoms with van der Waals surface area (Å²) in [6.07, 6.45) is 14.7. The topological polar surface area (TPSA) is 81.8 Å². The highest BCUT2D eigenvalue weighted by Crippen LogP contribution is 2.30. The second kappa shape index (κ2) is 17.6. The van der Waals surface area contributed by atoms with Gasteiger partial charge in [0.05, 0.1) is 4.90 Å². The maximum absolute atomic E-state index is 13.1. The molecule has 0 radical (unpaired) electrons. The molecule has 1 saturated heterocycles. The quantitative estimate of drug-likeness (QED) is 0.129. The molecule has 0 saturated carbocycles. The van der Waals surface area contributed by atoms with E-state index in [-0.39, 0.29) is 4.90 Å². The number of carbonyl (C=O) groups is 1. The number of carbonyl (C=O) groups excluding carboxylic acids is 1. The van der Waals surface area contributed by atoms with Crippen molar-refractivity contribution in [3.05, 3.63) is 142 Å². The third kappa shape index (κ3) is 9.90. The molecule has 1 aliphatic carbocycles. The predicted octanol–water partition coefficient (Wildman–Crippen LogP) is 8.14. The maximum atomic E-state index is 13.1. The Morgan fingerprint density at radius 2 is 1.66 bits per heavy atom. The van der Waals surface area contributed by atoms with Gasteiger partial charge < -0.3 is 10.2 Å². The van der Waals surface area contributed by atoms with Gasteiger partial charge in [0.2, 0.25) is 0 Å². The fourth-order valence-corrected chi connectivity index (χ4v) is 8.09. The number of allylic oxidation sites excluding steroid dienone is 6. The average molecular weight is 709 g/mol. The van der Waals surface area contributed by atoms with Crippen LogP contribution in [0.25, 0.3) is 5.57 Å². The Kier molecular flexibility index (Phi) is 13.0. The molecule has 1 heterocycles. The molecule has 0 bridgehead atoms. The molecule has 2 N–H and O–H groups in total. The van der Waals surface area contributed by atoms with Crippen molar-refractivity contribution in [2.75, 3.05) is 55.2 Å². The lowest BCUT2D eigenvalue weighted by molar-refractivity contribution is 0.0981. The lowest BCUT2D eigenvalue weighted by Gasteiger charge is -2.37. The zero-order valence-electron chi connectivity index (χ0n) is 29.3. The highest BCUT2D eigenvalue weighted by atomic mass is 32.2. The van der Waals surface area contributed by atoms with Gasteiger partial charge in [-0.1, -0.05) is 66.8 Å². The number of thioether (sulfide) groups is 1. The van der Waals surface area contributed by atoms with Crippen molar-refractivity contribution in [3.8, 4) is 0 Å². The summed E-state index contributed by atoms with van der Waals surface area (Å²) in [6.45, 7) is 15.0. The molecule has 0 atom stereocenters. The van der Waals surface area contributed by atoms with Gasteiger partial charge in [0, 0.05) is 66.9 Å². The van der Waals surface area contributed by atoms with Crippen LogP contribution in [0.5, 0.6) is 0 Å². The normalized spacial score (nSPS) is 15.8. The molecule has 7 nitrogen and oxygen atoms in total. The van der Waals surface area contributed by atoms with Crippen molar-refractivity contribution < 1.29 is 13.2 Å². The van der Waals surface area contributed by atoms with Crippen molar-refractivity contribution in [1.29, 1.82) is 0 Å². The Labute approximate surface area is 302 Å². The second-order valence-electron chi connectivity index (χ2n) is 12.6. The van der Waals surface area contributed by atoms with E-state index >= 15 is 0 Å². The summed E-state index contributed by atoms with van der Waals surface area (Å²) in [4.78, 5) is 19.0. The first-order valence-corrected chi connectivity index (χ1v) is 19.7. The molecular weight excluding hydrogens is 661 g/mol. The highest BCUT2D eigenvalue weighted by molar-refractivity contribution is 8.03. The smallest absolute Gasteiger partial charge is 0.264 e. The van der Waals surface area contributed by atoms with Crippen LogP contribution in [0, 0.1) is 13.8 Å². The van der Waals surface area contributed by atoms with Gasteiger partial charge >= 0.3 is 0 Å². The molecule has 9 heteroatoms. The average Bonchev–Trinajstić information content (AvgIpc) is 3.11. The SMILES string of the molecule is C=C/C=C(\C=C/C)SCCNc1ccc(S(=O)(=O)NC(=O)c2ccc(N3CCN(CC4=CCCC=C4c4ccc(C)cc4)CC3)cc2)cc1C. The number of sulfonamides is 1. The Morgan fingerprint density at radius 1 is 0.940 bits per heavy atom. The van der Waals surface area contributed by atoms with Gasteiger partial charge in [-0.15, -0.1) is 11.8 Å². The molecule has 50 heavy (non-hydrogen) atoms. The number of amides is 1. The number of aryl methyl sites for hydroxylation is 2. The van der Waals surface area contributed by atoms with Gasteiger partial charge in [-0.05, 0) is 104 Å². The molecule has 262 valence electrons. The lowest BCUT2D eigenvalue weighted by atomic mass is 9.91. The molecule has 5 rings (SSSR count). The number of rotatable bonds is 14. The third-order valence-corrected chi connectivity index (χ3v) is 11.3. The van der Waals surface area contributed by atoms with Crippen molar-refractivity contribution >= 4 is 44.6 Å². The van der Waals surface area contributed by atoms with Crippen LogP contribution in [0.3, 0.4) is 0 Å². The van der Waals surface area contributed by atoms with E-state index < -0.39 is 15.9 Å². The molecule has 1 fully saturated rings. The first-order valence-electron chi connectivity index (χ1n) is 17.2. The van der Waals surface area contributed by atoms with Crippen LogP contribution in [0.2, 0.25) is 0 Å². The summed E-state index contributed by atoms with van der Waals surface area (Å²) in [5.74, 6) is 0.182. The van der Waals surface area contributed by atoms with Gasteiger partial charge in [-0.3, -0.25) is 9.69 Å². The molecule has 1 amide bonds. The van der Waals surface area contributed by atoms with E-state index in [0.717, 1.165) is 73.2 Å². The highest BCUT2D eigenvalue weighted by Gasteiger charge is 2.22. The minimum atomic E-state index is -4.05. The monoisotopic (exact) mass is 708 g/mol. The number of anilines is 2. The summed E-state index contributed by atoms with van der Waals surface area (Å²) >= 11 is 1.71. The van der Waals surface area contributed by atoms with E-state index in [0.29, 0.717) is 12.1 Å². The Balaban J connectivity index is 1.11. The van der Waals surface area contributed by atoms with Gasteiger partial charge in [-0.2, -0.15) is 0 Å². The summed E-state index contributed by atoms with van der Waals surface area (Å²) in [5.41, 5.74) is 8.27. The Hall–Kier alpha value is -4.31. The fraction of sp³-hybridized carbons (Fsp3) is 0.293. The summed E-state index contributed by atoms with van der Waals surface area (Å²) in [5, 5.41) is 3.37. The summed E-state index contributed by atoms with van der Waals surface area (Å²) in [7, 11) is -4.05. The molecule has 3 aromatic rings. The van der Waals surface area contributed by atoms with E-state index in [2.05, 4.69) is 69.8 Å². The Bertz CT molecular complexity index is 1880. The van der Waals surface area contributed by atoms with Crippen LogP contribution in [0.4, 0.5) is 11.4 Å². The van der Waals surface area contributed by atoms with Crippen LogP contribution >= 0.6 is 11.8 Å². The van der Waals surface area contributed by atoms with Gasteiger partial charge in [0.1, 0.15) is 0 Å². The van der Waals surface area contributed by atoms with Crippen LogP contribution in [-0.4, -0.2) is 64.2 Å². The first-order chi connectivity index (χ1) is 24.2. The van der Waals surface area contributed by atoms with Crippen LogP contribution < -0.4 is 14.9 Å². The van der Waals surface area contributed by atoms with Crippen LogP contribution in [0.15, 0.2) is 125 Å². The lowest BCUT2D eigenvalue weighted by Crippen LogP contribution is -2.47. The minimum absolute atomic E-state index is 0.0486. The van der Waals surface area contributed by atoms with E-state index in [1.807, 2.05) is 44.2 Å². The number of hydrogen-bond donors (Lipinski definition) is 2. The number of nitrogens with zero attached hydrogens (tertiary/aromatic N) is 2. The molecule has 0 spiro atoms. The van der Waals surface area contributed by atoms with Gasteiger partial charge in [0.25, 0.3) is 15.9 Å². The fourth-order valence-electron chi connectivity index (χ4n) is 6.17. The van der Waals surface area contributed by atoms with Crippen molar-refractivity contribution in [3.63, 3.8) is 0 Å². The van der Waals surface area contributed by atoms with Gasteiger partial charge in [-0.25, -0.2) is 13.1 Å². The zero-order valence-corrected chi connectivity index (χ0v) is 31.0.